The van der Waals surface area contributed by atoms with E-state index >= 15 is 0 Å². The molecule has 1 aromatic rings. The molecule has 2 atom stereocenters. The van der Waals surface area contributed by atoms with Crippen molar-refractivity contribution in [3.05, 3.63) is 29.3 Å². The van der Waals surface area contributed by atoms with Crippen LogP contribution in [0.1, 0.15) is 22.8 Å². The van der Waals surface area contributed by atoms with Gasteiger partial charge in [-0.15, -0.1) is 0 Å². The van der Waals surface area contributed by atoms with Crippen LogP contribution in [0.25, 0.3) is 0 Å². The summed E-state index contributed by atoms with van der Waals surface area (Å²) in [6.07, 6.45) is -0.281. The fraction of sp³-hybridized carbons (Fsp3) is 0.500. The number of β-amino-alcohol motifs (C(OH)–C–C–N with tert-alkyl or cyclic N) is 1. The van der Waals surface area contributed by atoms with E-state index in [0.29, 0.717) is 36.5 Å². The second kappa shape index (κ2) is 7.38. The highest BCUT2D eigenvalue weighted by Gasteiger charge is 2.25. The van der Waals surface area contributed by atoms with E-state index in [2.05, 4.69) is 10.6 Å². The molecule has 0 aliphatic carbocycles. The van der Waals surface area contributed by atoms with E-state index in [9.17, 15) is 14.7 Å². The number of carbonyl (C=O) groups excluding carboxylic acids is 2. The normalized spacial score (nSPS) is 20.7. The van der Waals surface area contributed by atoms with Crippen molar-refractivity contribution in [1.29, 1.82) is 0 Å². The SMILES string of the molecule is COc1ccc(C(C)=O)cc1CC(=O)NCC1CNCC1O. The molecule has 1 saturated heterocycles. The number of Topliss-reactive ketones (excluding diaryl/α,β-unsaturated/α-hetero) is 1. The van der Waals surface area contributed by atoms with E-state index in [1.165, 1.54) is 14.0 Å². The molecule has 6 nitrogen and oxygen atoms in total. The molecule has 120 valence electrons. The molecule has 1 aliphatic rings. The van der Waals surface area contributed by atoms with Gasteiger partial charge in [0.15, 0.2) is 5.78 Å². The lowest BCUT2D eigenvalue weighted by atomic mass is 10.0. The molecule has 2 unspecified atom stereocenters. The zero-order valence-electron chi connectivity index (χ0n) is 12.9. The number of aliphatic hydroxyl groups excluding tert-OH is 1. The number of carbonyl (C=O) groups is 2. The number of rotatable bonds is 6. The van der Waals surface area contributed by atoms with Gasteiger partial charge in [-0.1, -0.05) is 0 Å². The van der Waals surface area contributed by atoms with E-state index in [1.54, 1.807) is 18.2 Å². The molecule has 1 heterocycles. The predicted molar refractivity (Wildman–Crippen MR) is 82.1 cm³/mol. The quantitative estimate of drug-likeness (QED) is 0.651. The molecular formula is C16H22N2O4. The molecule has 0 saturated carbocycles. The Kier molecular flexibility index (Phi) is 5.51. The molecule has 0 bridgehead atoms. The fourth-order valence-electron chi connectivity index (χ4n) is 2.54. The van der Waals surface area contributed by atoms with Crippen LogP contribution >= 0.6 is 0 Å². The minimum absolute atomic E-state index is 0.0365. The zero-order valence-corrected chi connectivity index (χ0v) is 12.9. The summed E-state index contributed by atoms with van der Waals surface area (Å²) in [4.78, 5) is 23.5. The van der Waals surface area contributed by atoms with Crippen molar-refractivity contribution in [2.45, 2.75) is 19.4 Å². The third-order valence-corrected chi connectivity index (χ3v) is 3.90. The molecular weight excluding hydrogens is 284 g/mol. The molecule has 2 rings (SSSR count). The molecule has 0 aromatic heterocycles. The summed E-state index contributed by atoms with van der Waals surface area (Å²) < 4.78 is 5.23. The van der Waals surface area contributed by atoms with Gasteiger partial charge in [-0.25, -0.2) is 0 Å². The Balaban J connectivity index is 1.97. The third kappa shape index (κ3) is 4.05. The van der Waals surface area contributed by atoms with Gasteiger partial charge in [-0.3, -0.25) is 9.59 Å². The van der Waals surface area contributed by atoms with Gasteiger partial charge in [-0.2, -0.15) is 0 Å². The largest absolute Gasteiger partial charge is 0.496 e. The summed E-state index contributed by atoms with van der Waals surface area (Å²) in [6.45, 7) is 3.18. The topological polar surface area (TPSA) is 87.7 Å². The molecule has 1 aromatic carbocycles. The molecule has 1 amide bonds. The summed E-state index contributed by atoms with van der Waals surface area (Å²) in [6, 6.07) is 5.07. The van der Waals surface area contributed by atoms with Crippen molar-refractivity contribution in [3.8, 4) is 5.75 Å². The second-order valence-electron chi connectivity index (χ2n) is 5.55. The molecule has 22 heavy (non-hydrogen) atoms. The van der Waals surface area contributed by atoms with E-state index < -0.39 is 6.10 Å². The highest BCUT2D eigenvalue weighted by Crippen LogP contribution is 2.21. The summed E-state index contributed by atoms with van der Waals surface area (Å²) in [5, 5.41) is 15.6. The minimum atomic E-state index is -0.420. The Labute approximate surface area is 129 Å². The van der Waals surface area contributed by atoms with Gasteiger partial charge in [-0.05, 0) is 25.1 Å². The standard InChI is InChI=1S/C16H22N2O4/c1-10(19)11-3-4-15(22-2)12(5-11)6-16(21)18-8-13-7-17-9-14(13)20/h3-5,13-14,17,20H,6-9H2,1-2H3,(H,18,21). The molecule has 3 N–H and O–H groups in total. The third-order valence-electron chi connectivity index (χ3n) is 3.90. The van der Waals surface area contributed by atoms with Gasteiger partial charge in [0.25, 0.3) is 0 Å². The Hall–Kier alpha value is -1.92. The number of aliphatic hydroxyl groups is 1. The average Bonchev–Trinajstić information content (AvgIpc) is 2.90. The number of methoxy groups -OCH3 is 1. The van der Waals surface area contributed by atoms with Crippen molar-refractivity contribution in [1.82, 2.24) is 10.6 Å². The number of hydrogen-bond acceptors (Lipinski definition) is 5. The molecule has 1 aliphatic heterocycles. The Morgan fingerprint density at radius 3 is 2.77 bits per heavy atom. The lowest BCUT2D eigenvalue weighted by Crippen LogP contribution is -2.35. The number of hydrogen-bond donors (Lipinski definition) is 3. The van der Waals surface area contributed by atoms with Crippen molar-refractivity contribution in [3.63, 3.8) is 0 Å². The van der Waals surface area contributed by atoms with Gasteiger partial charge in [0.2, 0.25) is 5.91 Å². The summed E-state index contributed by atoms with van der Waals surface area (Å²) in [7, 11) is 1.53. The van der Waals surface area contributed by atoms with Gasteiger partial charge >= 0.3 is 0 Å². The van der Waals surface area contributed by atoms with Crippen molar-refractivity contribution < 1.29 is 19.4 Å². The highest BCUT2D eigenvalue weighted by atomic mass is 16.5. The van der Waals surface area contributed by atoms with Crippen LogP contribution in [0.3, 0.4) is 0 Å². The van der Waals surface area contributed by atoms with Crippen LogP contribution < -0.4 is 15.4 Å². The van der Waals surface area contributed by atoms with Crippen molar-refractivity contribution >= 4 is 11.7 Å². The Morgan fingerprint density at radius 2 is 2.18 bits per heavy atom. The number of benzene rings is 1. The van der Waals surface area contributed by atoms with E-state index in [4.69, 9.17) is 4.74 Å². The molecule has 0 spiro atoms. The van der Waals surface area contributed by atoms with Crippen LogP contribution in [0.2, 0.25) is 0 Å². The van der Waals surface area contributed by atoms with Crippen LogP contribution in [0.4, 0.5) is 0 Å². The lowest BCUT2D eigenvalue weighted by Gasteiger charge is -2.15. The molecule has 0 radical (unpaired) electrons. The summed E-state index contributed by atoms with van der Waals surface area (Å²) in [5.41, 5.74) is 1.23. The maximum absolute atomic E-state index is 12.1. The van der Waals surface area contributed by atoms with Gasteiger partial charge in [0, 0.05) is 36.7 Å². The zero-order chi connectivity index (χ0) is 16.1. The fourth-order valence-corrected chi connectivity index (χ4v) is 2.54. The number of ether oxygens (including phenoxy) is 1. The first-order valence-corrected chi connectivity index (χ1v) is 7.34. The van der Waals surface area contributed by atoms with E-state index in [0.717, 1.165) is 0 Å². The monoisotopic (exact) mass is 306 g/mol. The summed E-state index contributed by atoms with van der Waals surface area (Å²) >= 11 is 0. The van der Waals surface area contributed by atoms with E-state index in [-0.39, 0.29) is 24.0 Å². The predicted octanol–water partition coefficient (Wildman–Crippen LogP) is 0.137. The van der Waals surface area contributed by atoms with Gasteiger partial charge in [0.05, 0.1) is 19.6 Å². The second-order valence-corrected chi connectivity index (χ2v) is 5.55. The van der Waals surface area contributed by atoms with Crippen LogP contribution in [-0.2, 0) is 11.2 Å². The Morgan fingerprint density at radius 1 is 1.41 bits per heavy atom. The number of ketones is 1. The lowest BCUT2D eigenvalue weighted by molar-refractivity contribution is -0.120. The maximum atomic E-state index is 12.1. The molecule has 6 heteroatoms. The smallest absolute Gasteiger partial charge is 0.224 e. The van der Waals surface area contributed by atoms with Crippen LogP contribution in [0.15, 0.2) is 18.2 Å². The van der Waals surface area contributed by atoms with Crippen LogP contribution in [0, 0.1) is 5.92 Å². The summed E-state index contributed by atoms with van der Waals surface area (Å²) in [5.74, 6) is 0.416. The first-order chi connectivity index (χ1) is 10.5. The van der Waals surface area contributed by atoms with Gasteiger partial charge < -0.3 is 20.5 Å². The number of amides is 1. The van der Waals surface area contributed by atoms with Crippen LogP contribution in [-0.4, -0.2) is 49.6 Å². The highest BCUT2D eigenvalue weighted by molar-refractivity contribution is 5.94. The van der Waals surface area contributed by atoms with Crippen molar-refractivity contribution in [2.24, 2.45) is 5.92 Å². The molecule has 1 fully saturated rings. The average molecular weight is 306 g/mol. The van der Waals surface area contributed by atoms with Gasteiger partial charge in [0.1, 0.15) is 5.75 Å². The Bertz CT molecular complexity index is 559. The first-order valence-electron chi connectivity index (χ1n) is 7.34. The number of nitrogens with one attached hydrogen (secondary N) is 2. The van der Waals surface area contributed by atoms with Crippen molar-refractivity contribution in [2.75, 3.05) is 26.7 Å². The maximum Gasteiger partial charge on any atom is 0.224 e. The first kappa shape index (κ1) is 16.5. The van der Waals surface area contributed by atoms with Crippen LogP contribution in [0.5, 0.6) is 5.75 Å². The van der Waals surface area contributed by atoms with E-state index in [1.807, 2.05) is 0 Å². The minimum Gasteiger partial charge on any atom is -0.496 e.